The zero-order chi connectivity index (χ0) is 27.1. The Morgan fingerprint density at radius 3 is 2.39 bits per heavy atom. The Morgan fingerprint density at radius 1 is 1.08 bits per heavy atom. The molecule has 5 rings (SSSR count). The Balaban J connectivity index is 1.39. The average Bonchev–Trinajstić information content (AvgIpc) is 3.52. The fourth-order valence-electron chi connectivity index (χ4n) is 5.42. The van der Waals surface area contributed by atoms with Crippen LogP contribution >= 0.6 is 0 Å². The molecule has 0 aliphatic carbocycles. The van der Waals surface area contributed by atoms with Crippen LogP contribution < -0.4 is 4.90 Å². The van der Waals surface area contributed by atoms with Crippen LogP contribution in [0.5, 0.6) is 0 Å². The summed E-state index contributed by atoms with van der Waals surface area (Å²) in [7, 11) is -1.16. The van der Waals surface area contributed by atoms with Gasteiger partial charge in [0, 0.05) is 94.3 Å². The third-order valence-corrected chi connectivity index (χ3v) is 9.02. The largest absolute Gasteiger partial charge is 0.444 e. The smallest absolute Gasteiger partial charge is 0.410 e. The first kappa shape index (κ1) is 26.6. The van der Waals surface area contributed by atoms with E-state index in [0.29, 0.717) is 18.6 Å². The van der Waals surface area contributed by atoms with E-state index >= 15 is 0 Å². The van der Waals surface area contributed by atoms with Crippen LogP contribution in [0.15, 0.2) is 37.2 Å². The molecule has 3 aromatic heterocycles. The summed E-state index contributed by atoms with van der Waals surface area (Å²) in [5, 5.41) is 1.10. The maximum Gasteiger partial charge on any atom is 0.410 e. The lowest BCUT2D eigenvalue weighted by molar-refractivity contribution is 0.0282. The molecular weight excluding hydrogens is 496 g/mol. The summed E-state index contributed by atoms with van der Waals surface area (Å²) < 4.78 is 13.8. The zero-order valence-electron chi connectivity index (χ0n) is 23.5. The summed E-state index contributed by atoms with van der Waals surface area (Å²) in [5.74, 6) is 0.836. The van der Waals surface area contributed by atoms with Crippen molar-refractivity contribution in [1.29, 1.82) is 0 Å². The van der Waals surface area contributed by atoms with Crippen LogP contribution in [0.4, 0.5) is 10.5 Å². The van der Waals surface area contributed by atoms with E-state index < -0.39 is 13.7 Å². The number of aromatic nitrogens is 4. The van der Waals surface area contributed by atoms with Gasteiger partial charge in [-0.25, -0.2) is 19.7 Å². The zero-order valence-corrected chi connectivity index (χ0v) is 24.5. The van der Waals surface area contributed by atoms with Crippen molar-refractivity contribution < 1.29 is 14.3 Å². The number of likely N-dealkylation sites (tertiary alicyclic amines) is 1. The van der Waals surface area contributed by atoms with Crippen molar-refractivity contribution in [2.24, 2.45) is 11.8 Å². The van der Waals surface area contributed by atoms with Gasteiger partial charge >= 0.3 is 6.09 Å². The molecule has 2 atom stereocenters. The van der Waals surface area contributed by atoms with E-state index in [1.54, 1.807) is 6.33 Å². The van der Waals surface area contributed by atoms with Gasteiger partial charge in [-0.2, -0.15) is 0 Å². The third kappa shape index (κ3) is 5.86. The lowest BCUT2D eigenvalue weighted by Gasteiger charge is -2.27. The molecule has 2 fully saturated rings. The molecule has 0 bridgehead atoms. The molecule has 204 valence electrons. The van der Waals surface area contributed by atoms with E-state index in [0.717, 1.165) is 66.7 Å². The number of amides is 1. The molecular formula is C28H40N6O3Si. The van der Waals surface area contributed by atoms with Gasteiger partial charge in [-0.3, -0.25) is 0 Å². The Labute approximate surface area is 226 Å². The van der Waals surface area contributed by atoms with Gasteiger partial charge in [-0.1, -0.05) is 19.6 Å². The number of ether oxygens (including phenoxy) is 2. The highest BCUT2D eigenvalue weighted by Gasteiger charge is 2.43. The molecule has 2 saturated heterocycles. The van der Waals surface area contributed by atoms with Crippen molar-refractivity contribution in [3.05, 3.63) is 37.2 Å². The van der Waals surface area contributed by atoms with Crippen molar-refractivity contribution in [3.8, 4) is 11.1 Å². The molecule has 10 heteroatoms. The van der Waals surface area contributed by atoms with Gasteiger partial charge in [0.1, 0.15) is 24.3 Å². The molecule has 2 unspecified atom stereocenters. The molecule has 0 radical (unpaired) electrons. The molecule has 3 aromatic rings. The molecule has 9 nitrogen and oxygen atoms in total. The van der Waals surface area contributed by atoms with Crippen LogP contribution in [0, 0.1) is 11.8 Å². The number of fused-ring (bicyclic) bond motifs is 2. The topological polar surface area (TPSA) is 85.6 Å². The molecule has 0 aromatic carbocycles. The van der Waals surface area contributed by atoms with Crippen molar-refractivity contribution in [2.45, 2.75) is 58.8 Å². The van der Waals surface area contributed by atoms with Crippen molar-refractivity contribution in [3.63, 3.8) is 0 Å². The van der Waals surface area contributed by atoms with Crippen LogP contribution in [0.25, 0.3) is 22.2 Å². The summed E-state index contributed by atoms with van der Waals surface area (Å²) in [4.78, 5) is 30.3. The van der Waals surface area contributed by atoms with Gasteiger partial charge < -0.3 is 23.8 Å². The molecule has 5 heterocycles. The molecule has 2 aliphatic rings. The van der Waals surface area contributed by atoms with E-state index in [-0.39, 0.29) is 6.09 Å². The lowest BCUT2D eigenvalue weighted by atomic mass is 10.0. The van der Waals surface area contributed by atoms with Crippen LogP contribution in [-0.4, -0.2) is 77.0 Å². The first-order valence-corrected chi connectivity index (χ1v) is 17.2. The average molecular weight is 537 g/mol. The number of carbonyl (C=O) groups excluding carboxylic acids is 1. The van der Waals surface area contributed by atoms with Gasteiger partial charge in [0.05, 0.1) is 5.39 Å². The standard InChI is InChI=1S/C28H40N6O3Si/c1-28(2,3)37-27(35)33-15-21-13-32(14-22(21)16-33)24-7-8-31-26-25(24)23(20-11-29-18-30-12-20)17-34(26)19-36-9-10-38(4,5)6/h7-8,11-12,17-18,21-22H,9-10,13-16,19H2,1-6H3. The Bertz CT molecular complexity index is 1270. The minimum atomic E-state index is -1.16. The predicted molar refractivity (Wildman–Crippen MR) is 152 cm³/mol. The van der Waals surface area contributed by atoms with E-state index in [9.17, 15) is 4.79 Å². The third-order valence-electron chi connectivity index (χ3n) is 7.31. The number of carbonyl (C=O) groups is 1. The highest BCUT2D eigenvalue weighted by molar-refractivity contribution is 6.76. The van der Waals surface area contributed by atoms with Gasteiger partial charge in [-0.05, 0) is 32.9 Å². The number of hydrogen-bond acceptors (Lipinski definition) is 7. The van der Waals surface area contributed by atoms with Crippen molar-refractivity contribution in [2.75, 3.05) is 37.7 Å². The first-order chi connectivity index (χ1) is 18.0. The quantitative estimate of drug-likeness (QED) is 0.306. The monoisotopic (exact) mass is 536 g/mol. The number of anilines is 1. The molecule has 0 N–H and O–H groups in total. The van der Waals surface area contributed by atoms with Crippen molar-refractivity contribution in [1.82, 2.24) is 24.4 Å². The number of hydrogen-bond donors (Lipinski definition) is 0. The number of rotatable bonds is 7. The fraction of sp³-hybridized carbons (Fsp3) is 0.571. The lowest BCUT2D eigenvalue weighted by Crippen LogP contribution is -2.37. The van der Waals surface area contributed by atoms with Gasteiger partial charge in [-0.15, -0.1) is 0 Å². The molecule has 1 amide bonds. The van der Waals surface area contributed by atoms with Gasteiger partial charge in [0.15, 0.2) is 0 Å². The molecule has 0 saturated carbocycles. The van der Waals surface area contributed by atoms with Crippen LogP contribution in [-0.2, 0) is 16.2 Å². The molecule has 38 heavy (non-hydrogen) atoms. The highest BCUT2D eigenvalue weighted by Crippen LogP contribution is 2.41. The second-order valence-electron chi connectivity index (χ2n) is 12.8. The SMILES string of the molecule is CC(C)(C)OC(=O)N1CC2CN(c3ccnc4c3c(-c3cncnc3)cn4COCC[Si](C)(C)C)CC2C1. The summed E-state index contributed by atoms with van der Waals surface area (Å²) in [6.45, 7) is 17.3. The second kappa shape index (κ2) is 10.3. The summed E-state index contributed by atoms with van der Waals surface area (Å²) in [5.41, 5.74) is 3.61. The Morgan fingerprint density at radius 2 is 1.76 bits per heavy atom. The first-order valence-electron chi connectivity index (χ1n) is 13.5. The molecule has 0 spiro atoms. The van der Waals surface area contributed by atoms with Crippen LogP contribution in [0.1, 0.15) is 20.8 Å². The highest BCUT2D eigenvalue weighted by atomic mass is 28.3. The van der Waals surface area contributed by atoms with Crippen LogP contribution in [0.3, 0.4) is 0 Å². The number of pyridine rings is 1. The summed E-state index contributed by atoms with van der Waals surface area (Å²) >= 11 is 0. The second-order valence-corrected chi connectivity index (χ2v) is 18.4. The van der Waals surface area contributed by atoms with E-state index in [2.05, 4.69) is 51.3 Å². The number of nitrogens with zero attached hydrogens (tertiary/aromatic N) is 6. The summed E-state index contributed by atoms with van der Waals surface area (Å²) in [6.07, 6.45) is 9.07. The van der Waals surface area contributed by atoms with Gasteiger partial charge in [0.2, 0.25) is 0 Å². The Kier molecular flexibility index (Phi) is 7.21. The van der Waals surface area contributed by atoms with E-state index in [1.807, 2.05) is 44.3 Å². The van der Waals surface area contributed by atoms with E-state index in [4.69, 9.17) is 14.5 Å². The minimum absolute atomic E-state index is 0.206. The van der Waals surface area contributed by atoms with Crippen LogP contribution in [0.2, 0.25) is 25.7 Å². The fourth-order valence-corrected chi connectivity index (χ4v) is 6.18. The maximum atomic E-state index is 12.6. The maximum absolute atomic E-state index is 12.6. The normalized spacial score (nSPS) is 19.8. The van der Waals surface area contributed by atoms with E-state index in [1.165, 1.54) is 0 Å². The Hall–Kier alpha value is -2.98. The van der Waals surface area contributed by atoms with Crippen molar-refractivity contribution >= 4 is 30.9 Å². The molecule has 2 aliphatic heterocycles. The minimum Gasteiger partial charge on any atom is -0.444 e. The summed E-state index contributed by atoms with van der Waals surface area (Å²) in [6, 6.07) is 3.24. The van der Waals surface area contributed by atoms with Gasteiger partial charge in [0.25, 0.3) is 0 Å². The predicted octanol–water partition coefficient (Wildman–Crippen LogP) is 5.11.